The molecule has 0 aliphatic heterocycles. The van der Waals surface area contributed by atoms with Crippen LogP contribution in [0.5, 0.6) is 0 Å². The van der Waals surface area contributed by atoms with Gasteiger partial charge in [-0.15, -0.1) is 0 Å². The Morgan fingerprint density at radius 1 is 0.844 bits per heavy atom. The fraction of sp³-hybridized carbons (Fsp3) is 0. The SMILES string of the molecule is O=C(Nc1ccc(NS(=O)(=O)c2ccc(F)c(F)c2)cc1)c1cc2ccccc2oc1=O. The lowest BCUT2D eigenvalue weighted by atomic mass is 10.1. The van der Waals surface area contributed by atoms with Gasteiger partial charge in [-0.2, -0.15) is 0 Å². The van der Waals surface area contributed by atoms with Crippen LogP contribution in [-0.4, -0.2) is 14.3 Å². The summed E-state index contributed by atoms with van der Waals surface area (Å²) in [7, 11) is -4.16. The van der Waals surface area contributed by atoms with Crippen molar-refractivity contribution in [2.75, 3.05) is 10.0 Å². The lowest BCUT2D eigenvalue weighted by Crippen LogP contribution is -2.20. The van der Waals surface area contributed by atoms with E-state index in [0.717, 1.165) is 6.07 Å². The Labute approximate surface area is 180 Å². The Morgan fingerprint density at radius 3 is 2.25 bits per heavy atom. The van der Waals surface area contributed by atoms with Crippen molar-refractivity contribution in [3.05, 3.63) is 100 Å². The van der Waals surface area contributed by atoms with E-state index in [2.05, 4.69) is 10.0 Å². The van der Waals surface area contributed by atoms with E-state index in [0.29, 0.717) is 28.8 Å². The second kappa shape index (κ2) is 8.23. The summed E-state index contributed by atoms with van der Waals surface area (Å²) in [5.41, 5.74) is -0.216. The lowest BCUT2D eigenvalue weighted by Gasteiger charge is -2.10. The number of hydrogen-bond donors (Lipinski definition) is 2. The Morgan fingerprint density at radius 2 is 1.53 bits per heavy atom. The van der Waals surface area contributed by atoms with Gasteiger partial charge in [-0.05, 0) is 54.6 Å². The van der Waals surface area contributed by atoms with Crippen LogP contribution in [0.2, 0.25) is 0 Å². The molecule has 32 heavy (non-hydrogen) atoms. The topological polar surface area (TPSA) is 105 Å². The zero-order valence-corrected chi connectivity index (χ0v) is 17.0. The van der Waals surface area contributed by atoms with Gasteiger partial charge in [-0.3, -0.25) is 9.52 Å². The second-order valence-corrected chi connectivity index (χ2v) is 8.38. The molecular weight excluding hydrogens is 442 g/mol. The van der Waals surface area contributed by atoms with Gasteiger partial charge in [0.25, 0.3) is 15.9 Å². The molecule has 0 saturated heterocycles. The summed E-state index contributed by atoms with van der Waals surface area (Å²) in [4.78, 5) is 24.1. The van der Waals surface area contributed by atoms with Crippen LogP contribution in [0, 0.1) is 11.6 Å². The average molecular weight is 456 g/mol. The molecular formula is C22H14F2N2O5S. The number of sulfonamides is 1. The summed E-state index contributed by atoms with van der Waals surface area (Å²) in [6, 6.07) is 15.9. The zero-order chi connectivity index (χ0) is 22.9. The largest absolute Gasteiger partial charge is 0.422 e. The summed E-state index contributed by atoms with van der Waals surface area (Å²) in [6.07, 6.45) is 0. The summed E-state index contributed by atoms with van der Waals surface area (Å²) in [5.74, 6) is -3.15. The maximum Gasteiger partial charge on any atom is 0.349 e. The molecule has 0 spiro atoms. The van der Waals surface area contributed by atoms with Crippen molar-refractivity contribution in [2.24, 2.45) is 0 Å². The summed E-state index contributed by atoms with van der Waals surface area (Å²) in [5, 5.41) is 3.11. The predicted molar refractivity (Wildman–Crippen MR) is 114 cm³/mol. The maximum absolute atomic E-state index is 13.3. The third kappa shape index (κ3) is 4.35. The van der Waals surface area contributed by atoms with Crippen molar-refractivity contribution >= 4 is 38.3 Å². The fourth-order valence-electron chi connectivity index (χ4n) is 2.90. The number of hydrogen-bond acceptors (Lipinski definition) is 5. The van der Waals surface area contributed by atoms with Crippen LogP contribution < -0.4 is 15.7 Å². The number of carbonyl (C=O) groups is 1. The quantitative estimate of drug-likeness (QED) is 0.440. The first-order valence-corrected chi connectivity index (χ1v) is 10.6. The van der Waals surface area contributed by atoms with Gasteiger partial charge in [0.05, 0.1) is 4.90 Å². The highest BCUT2D eigenvalue weighted by atomic mass is 32.2. The van der Waals surface area contributed by atoms with Crippen LogP contribution in [0.3, 0.4) is 0 Å². The summed E-state index contributed by atoms with van der Waals surface area (Å²) >= 11 is 0. The molecule has 0 atom stereocenters. The molecule has 3 aromatic carbocycles. The molecule has 2 N–H and O–H groups in total. The molecule has 0 radical (unpaired) electrons. The highest BCUT2D eigenvalue weighted by molar-refractivity contribution is 7.92. The molecule has 10 heteroatoms. The third-order valence-electron chi connectivity index (χ3n) is 4.48. The fourth-order valence-corrected chi connectivity index (χ4v) is 3.97. The zero-order valence-electron chi connectivity index (χ0n) is 16.1. The normalized spacial score (nSPS) is 11.3. The molecule has 0 saturated carbocycles. The highest BCUT2D eigenvalue weighted by Gasteiger charge is 2.17. The first-order chi connectivity index (χ1) is 15.2. The minimum Gasteiger partial charge on any atom is -0.422 e. The van der Waals surface area contributed by atoms with Crippen molar-refractivity contribution in [1.82, 2.24) is 0 Å². The van der Waals surface area contributed by atoms with E-state index in [-0.39, 0.29) is 11.3 Å². The number of carbonyl (C=O) groups excluding carboxylic acids is 1. The standard InChI is InChI=1S/C22H14F2N2O5S/c23-18-10-9-16(12-19(18)24)32(29,30)26-15-7-5-14(6-8-15)25-21(27)17-11-13-3-1-2-4-20(13)31-22(17)28/h1-12,26H,(H,25,27). The van der Waals surface area contributed by atoms with E-state index in [1.54, 1.807) is 24.3 Å². The molecule has 162 valence electrons. The minimum atomic E-state index is -4.16. The molecule has 1 heterocycles. The van der Waals surface area contributed by atoms with E-state index in [1.807, 2.05) is 0 Å². The number of anilines is 2. The van der Waals surface area contributed by atoms with Crippen molar-refractivity contribution in [2.45, 2.75) is 4.90 Å². The van der Waals surface area contributed by atoms with E-state index in [9.17, 15) is 26.8 Å². The van der Waals surface area contributed by atoms with Crippen LogP contribution in [-0.2, 0) is 10.0 Å². The van der Waals surface area contributed by atoms with E-state index >= 15 is 0 Å². The van der Waals surface area contributed by atoms with Crippen molar-refractivity contribution < 1.29 is 26.4 Å². The Bertz CT molecular complexity index is 1500. The monoisotopic (exact) mass is 456 g/mol. The van der Waals surface area contributed by atoms with E-state index < -0.39 is 38.1 Å². The van der Waals surface area contributed by atoms with Crippen LogP contribution in [0.1, 0.15) is 10.4 Å². The molecule has 0 aliphatic rings. The average Bonchev–Trinajstić information content (AvgIpc) is 2.76. The van der Waals surface area contributed by atoms with Gasteiger partial charge in [0.2, 0.25) is 0 Å². The van der Waals surface area contributed by atoms with Gasteiger partial charge < -0.3 is 9.73 Å². The van der Waals surface area contributed by atoms with Gasteiger partial charge in [0.1, 0.15) is 11.1 Å². The number of nitrogens with one attached hydrogen (secondary N) is 2. The minimum absolute atomic E-state index is 0.123. The van der Waals surface area contributed by atoms with Crippen molar-refractivity contribution in [3.63, 3.8) is 0 Å². The Balaban J connectivity index is 1.50. The lowest BCUT2D eigenvalue weighted by molar-refractivity contribution is 0.102. The Kier molecular flexibility index (Phi) is 5.45. The van der Waals surface area contributed by atoms with Crippen LogP contribution in [0.15, 0.2) is 86.9 Å². The molecule has 7 nitrogen and oxygen atoms in total. The molecule has 0 aliphatic carbocycles. The molecule has 0 bridgehead atoms. The van der Waals surface area contributed by atoms with E-state index in [1.165, 1.54) is 30.3 Å². The second-order valence-electron chi connectivity index (χ2n) is 6.70. The van der Waals surface area contributed by atoms with Gasteiger partial charge in [-0.1, -0.05) is 18.2 Å². The number of para-hydroxylation sites is 1. The maximum atomic E-state index is 13.3. The van der Waals surface area contributed by atoms with Crippen molar-refractivity contribution in [3.8, 4) is 0 Å². The van der Waals surface area contributed by atoms with Crippen LogP contribution in [0.25, 0.3) is 11.0 Å². The highest BCUT2D eigenvalue weighted by Crippen LogP contribution is 2.20. The molecule has 4 rings (SSSR count). The summed E-state index contributed by atoms with van der Waals surface area (Å²) < 4.78 is 58.4. The first-order valence-electron chi connectivity index (χ1n) is 9.15. The van der Waals surface area contributed by atoms with Crippen LogP contribution >= 0.6 is 0 Å². The first kappa shape index (κ1) is 21.2. The van der Waals surface area contributed by atoms with Crippen molar-refractivity contribution in [1.29, 1.82) is 0 Å². The smallest absolute Gasteiger partial charge is 0.349 e. The number of benzene rings is 3. The molecule has 4 aromatic rings. The number of halogens is 2. The van der Waals surface area contributed by atoms with Gasteiger partial charge in [-0.25, -0.2) is 22.0 Å². The summed E-state index contributed by atoms with van der Waals surface area (Å²) in [6.45, 7) is 0. The van der Waals surface area contributed by atoms with Gasteiger partial charge >= 0.3 is 5.63 Å². The van der Waals surface area contributed by atoms with Gasteiger partial charge in [0.15, 0.2) is 11.6 Å². The molecule has 1 amide bonds. The van der Waals surface area contributed by atoms with Crippen LogP contribution in [0.4, 0.5) is 20.2 Å². The molecule has 0 unspecified atom stereocenters. The third-order valence-corrected chi connectivity index (χ3v) is 5.86. The van der Waals surface area contributed by atoms with Gasteiger partial charge in [0, 0.05) is 16.8 Å². The number of rotatable bonds is 5. The Hall–Kier alpha value is -4.05. The predicted octanol–water partition coefficient (Wildman–Crippen LogP) is 4.12. The molecule has 0 fully saturated rings. The number of amides is 1. The molecule has 1 aromatic heterocycles. The number of fused-ring (bicyclic) bond motifs is 1. The van der Waals surface area contributed by atoms with E-state index in [4.69, 9.17) is 4.42 Å².